The van der Waals surface area contributed by atoms with E-state index >= 15 is 0 Å². The van der Waals surface area contributed by atoms with Crippen molar-refractivity contribution in [2.45, 2.75) is 26.4 Å². The van der Waals surface area contributed by atoms with Crippen LogP contribution in [0.5, 0.6) is 5.75 Å². The Kier molecular flexibility index (Phi) is 6.73. The number of ether oxygens (including phenoxy) is 1. The molecular weight excluding hydrogens is 328 g/mol. The van der Waals surface area contributed by atoms with Crippen LogP contribution in [-0.4, -0.2) is 36.2 Å². The van der Waals surface area contributed by atoms with Gasteiger partial charge >= 0.3 is 6.55 Å². The molecule has 0 unspecified atom stereocenters. The van der Waals surface area contributed by atoms with E-state index in [1.54, 1.807) is 14.2 Å². The second kappa shape index (κ2) is 9.00. The van der Waals surface area contributed by atoms with E-state index in [2.05, 4.69) is 26.7 Å². The molecule has 2 aromatic rings. The van der Waals surface area contributed by atoms with Gasteiger partial charge in [-0.3, -0.25) is 9.56 Å². The zero-order chi connectivity index (χ0) is 18.2. The van der Waals surface area contributed by atoms with Crippen molar-refractivity contribution in [2.24, 2.45) is 4.99 Å². The molecule has 6 nitrogen and oxygen atoms in total. The van der Waals surface area contributed by atoms with Crippen LogP contribution < -0.4 is 15.4 Å². The number of benzene rings is 1. The molecule has 25 heavy (non-hydrogen) atoms. The van der Waals surface area contributed by atoms with Crippen LogP contribution in [0.1, 0.15) is 23.5 Å². The first-order chi connectivity index (χ1) is 12.0. The fourth-order valence-electron chi connectivity index (χ4n) is 2.39. The van der Waals surface area contributed by atoms with Gasteiger partial charge in [0.1, 0.15) is 11.6 Å². The fourth-order valence-corrected chi connectivity index (χ4v) is 2.39. The quantitative estimate of drug-likeness (QED) is 0.594. The number of nitrogens with one attached hydrogen (secondary N) is 2. The Hall–Kier alpha value is -2.64. The molecule has 0 aliphatic carbocycles. The minimum atomic E-state index is -2.61. The molecule has 0 amide bonds. The summed E-state index contributed by atoms with van der Waals surface area (Å²) >= 11 is 0. The highest BCUT2D eigenvalue weighted by Crippen LogP contribution is 2.19. The lowest BCUT2D eigenvalue weighted by Crippen LogP contribution is -2.38. The molecule has 1 aromatic carbocycles. The number of hydrogen-bond donors (Lipinski definition) is 2. The Morgan fingerprint density at radius 3 is 2.84 bits per heavy atom. The zero-order valence-corrected chi connectivity index (χ0v) is 14.6. The molecule has 136 valence electrons. The topological polar surface area (TPSA) is 63.5 Å². The molecule has 0 aliphatic heterocycles. The lowest BCUT2D eigenvalue weighted by atomic mass is 10.1. The van der Waals surface area contributed by atoms with Crippen molar-refractivity contribution in [1.82, 2.24) is 20.2 Å². The number of imidazole rings is 1. The summed E-state index contributed by atoms with van der Waals surface area (Å²) < 4.78 is 31.7. The summed E-state index contributed by atoms with van der Waals surface area (Å²) in [7, 11) is 3.28. The van der Waals surface area contributed by atoms with Gasteiger partial charge in [0.05, 0.1) is 13.7 Å². The third-order valence-corrected chi connectivity index (χ3v) is 3.78. The van der Waals surface area contributed by atoms with Gasteiger partial charge < -0.3 is 15.4 Å². The highest BCUT2D eigenvalue weighted by molar-refractivity contribution is 5.79. The molecule has 2 rings (SSSR count). The fraction of sp³-hybridized carbons (Fsp3) is 0.412. The van der Waals surface area contributed by atoms with Crippen molar-refractivity contribution in [2.75, 3.05) is 20.7 Å². The van der Waals surface area contributed by atoms with Crippen molar-refractivity contribution >= 4 is 5.96 Å². The molecule has 0 atom stereocenters. The van der Waals surface area contributed by atoms with Crippen LogP contribution in [0, 0.1) is 6.92 Å². The number of aromatic nitrogens is 2. The van der Waals surface area contributed by atoms with E-state index in [-0.39, 0.29) is 12.4 Å². The predicted octanol–water partition coefficient (Wildman–Crippen LogP) is 2.50. The van der Waals surface area contributed by atoms with Crippen molar-refractivity contribution in [3.05, 3.63) is 47.5 Å². The zero-order valence-electron chi connectivity index (χ0n) is 14.6. The lowest BCUT2D eigenvalue weighted by Gasteiger charge is -2.13. The largest absolute Gasteiger partial charge is 0.496 e. The molecule has 0 radical (unpaired) electrons. The van der Waals surface area contributed by atoms with Crippen molar-refractivity contribution in [3.63, 3.8) is 0 Å². The summed E-state index contributed by atoms with van der Waals surface area (Å²) in [6.07, 6.45) is 3.38. The predicted molar refractivity (Wildman–Crippen MR) is 93.1 cm³/mol. The highest BCUT2D eigenvalue weighted by atomic mass is 19.3. The molecule has 0 aliphatic rings. The number of alkyl halides is 2. The van der Waals surface area contributed by atoms with Crippen LogP contribution in [-0.2, 0) is 13.0 Å². The van der Waals surface area contributed by atoms with Crippen molar-refractivity contribution in [1.29, 1.82) is 0 Å². The van der Waals surface area contributed by atoms with E-state index < -0.39 is 6.55 Å². The smallest absolute Gasteiger partial charge is 0.319 e. The maximum absolute atomic E-state index is 12.8. The number of guanidine groups is 1. The SMILES string of the molecule is CN=C(NCCc1ccc(C)c(OC)c1)NCc1nccn1C(F)F. The summed E-state index contributed by atoms with van der Waals surface area (Å²) in [6, 6.07) is 6.08. The molecule has 0 saturated carbocycles. The first kappa shape index (κ1) is 18.7. The van der Waals surface area contributed by atoms with Crippen LogP contribution in [0.3, 0.4) is 0 Å². The summed E-state index contributed by atoms with van der Waals surface area (Å²) in [5.74, 6) is 1.64. The van der Waals surface area contributed by atoms with E-state index in [1.165, 1.54) is 12.4 Å². The van der Waals surface area contributed by atoms with Crippen molar-refractivity contribution in [3.8, 4) is 5.75 Å². The number of methoxy groups -OCH3 is 1. The molecule has 0 fully saturated rings. The molecule has 2 N–H and O–H groups in total. The van der Waals surface area contributed by atoms with E-state index in [0.717, 1.165) is 27.9 Å². The number of aliphatic imine (C=N–C) groups is 1. The summed E-state index contributed by atoms with van der Waals surface area (Å²) in [5, 5.41) is 6.14. The Labute approximate surface area is 145 Å². The third kappa shape index (κ3) is 5.17. The number of halogens is 2. The molecule has 8 heteroatoms. The number of aryl methyl sites for hydroxylation is 1. The number of rotatable bonds is 7. The standard InChI is InChI=1S/C17H23F2N5O/c1-12-4-5-13(10-14(12)25-3)6-7-22-17(20-2)23-11-15-21-8-9-24(15)16(18)19/h4-5,8-10,16H,6-7,11H2,1-3H3,(H2,20,22,23). The average molecular weight is 351 g/mol. The second-order valence-electron chi connectivity index (χ2n) is 5.43. The lowest BCUT2D eigenvalue weighted by molar-refractivity contribution is 0.0668. The van der Waals surface area contributed by atoms with Gasteiger partial charge in [-0.05, 0) is 30.5 Å². The first-order valence-electron chi connectivity index (χ1n) is 7.93. The highest BCUT2D eigenvalue weighted by Gasteiger charge is 2.11. The molecule has 1 heterocycles. The number of nitrogens with zero attached hydrogens (tertiary/aromatic N) is 3. The molecule has 0 saturated heterocycles. The Bertz CT molecular complexity index is 715. The molecule has 0 bridgehead atoms. The maximum atomic E-state index is 12.8. The number of hydrogen-bond acceptors (Lipinski definition) is 3. The van der Waals surface area contributed by atoms with Gasteiger partial charge in [0.25, 0.3) is 0 Å². The maximum Gasteiger partial charge on any atom is 0.319 e. The van der Waals surface area contributed by atoms with Gasteiger partial charge in [-0.2, -0.15) is 8.78 Å². The van der Waals surface area contributed by atoms with Crippen LogP contribution >= 0.6 is 0 Å². The second-order valence-corrected chi connectivity index (χ2v) is 5.43. The molecular formula is C17H23F2N5O. The minimum Gasteiger partial charge on any atom is -0.496 e. The minimum absolute atomic E-state index is 0.162. The van der Waals surface area contributed by atoms with E-state index in [4.69, 9.17) is 4.74 Å². The molecule has 0 spiro atoms. The third-order valence-electron chi connectivity index (χ3n) is 3.78. The first-order valence-corrected chi connectivity index (χ1v) is 7.93. The monoisotopic (exact) mass is 351 g/mol. The van der Waals surface area contributed by atoms with Gasteiger partial charge in [0.15, 0.2) is 5.96 Å². The van der Waals surface area contributed by atoms with Crippen LogP contribution in [0.4, 0.5) is 8.78 Å². The van der Waals surface area contributed by atoms with E-state index in [1.807, 2.05) is 19.1 Å². The van der Waals surface area contributed by atoms with Gasteiger partial charge in [0, 0.05) is 26.0 Å². The van der Waals surface area contributed by atoms with Gasteiger partial charge in [-0.15, -0.1) is 0 Å². The van der Waals surface area contributed by atoms with Crippen LogP contribution in [0.25, 0.3) is 0 Å². The molecule has 1 aromatic heterocycles. The Morgan fingerprint density at radius 2 is 2.16 bits per heavy atom. The van der Waals surface area contributed by atoms with E-state index in [9.17, 15) is 8.78 Å². The van der Waals surface area contributed by atoms with E-state index in [0.29, 0.717) is 12.5 Å². The Balaban J connectivity index is 1.83. The summed E-state index contributed by atoms with van der Waals surface area (Å²) in [6.45, 7) is 0.200. The normalized spacial score (nSPS) is 11.7. The summed E-state index contributed by atoms with van der Waals surface area (Å²) in [5.41, 5.74) is 2.23. The van der Waals surface area contributed by atoms with Gasteiger partial charge in [-0.1, -0.05) is 12.1 Å². The van der Waals surface area contributed by atoms with Gasteiger partial charge in [-0.25, -0.2) is 4.98 Å². The average Bonchev–Trinajstić information content (AvgIpc) is 3.08. The van der Waals surface area contributed by atoms with Crippen LogP contribution in [0.2, 0.25) is 0 Å². The van der Waals surface area contributed by atoms with Crippen LogP contribution in [0.15, 0.2) is 35.6 Å². The van der Waals surface area contributed by atoms with Crippen molar-refractivity contribution < 1.29 is 13.5 Å². The van der Waals surface area contributed by atoms with Gasteiger partial charge in [0.2, 0.25) is 0 Å². The Morgan fingerprint density at radius 1 is 1.36 bits per heavy atom. The summed E-state index contributed by atoms with van der Waals surface area (Å²) in [4.78, 5) is 8.01.